The second kappa shape index (κ2) is 5.76. The van der Waals surface area contributed by atoms with E-state index in [2.05, 4.69) is 10.3 Å². The molecule has 0 saturated heterocycles. The minimum absolute atomic E-state index is 0.0805. The molecule has 2 rings (SSSR count). The molecule has 1 saturated carbocycles. The van der Waals surface area contributed by atoms with Gasteiger partial charge in [0, 0.05) is 12.2 Å². The second-order valence-corrected chi connectivity index (χ2v) is 4.92. The van der Waals surface area contributed by atoms with Gasteiger partial charge in [-0.25, -0.2) is 4.98 Å². The number of nitrogens with zero attached hydrogens (tertiary/aromatic N) is 1. The smallest absolute Gasteiger partial charge is 0.349 e. The van der Waals surface area contributed by atoms with Crippen LogP contribution in [-0.4, -0.2) is 23.1 Å². The molecule has 0 bridgehead atoms. The summed E-state index contributed by atoms with van der Waals surface area (Å²) in [6, 6.07) is 2.07. The van der Waals surface area contributed by atoms with E-state index in [1.807, 2.05) is 0 Å². The highest BCUT2D eigenvalue weighted by Crippen LogP contribution is 2.37. The van der Waals surface area contributed by atoms with E-state index < -0.39 is 30.0 Å². The van der Waals surface area contributed by atoms with Crippen molar-refractivity contribution in [1.29, 1.82) is 0 Å². The van der Waals surface area contributed by atoms with Crippen molar-refractivity contribution in [2.45, 2.75) is 37.9 Å². The van der Waals surface area contributed by atoms with Crippen LogP contribution in [0.1, 0.15) is 36.0 Å². The summed E-state index contributed by atoms with van der Waals surface area (Å²) in [5.41, 5.74) is -0.248. The van der Waals surface area contributed by atoms with Gasteiger partial charge >= 0.3 is 6.18 Å². The Bertz CT molecular complexity index is 490. The van der Waals surface area contributed by atoms with Crippen LogP contribution >= 0.6 is 0 Å². The van der Waals surface area contributed by atoms with Crippen molar-refractivity contribution in [1.82, 2.24) is 10.3 Å². The molecule has 2 unspecified atom stereocenters. The molecule has 2 atom stereocenters. The van der Waals surface area contributed by atoms with Crippen molar-refractivity contribution < 1.29 is 22.4 Å². The van der Waals surface area contributed by atoms with Crippen molar-refractivity contribution in [3.63, 3.8) is 0 Å². The summed E-state index contributed by atoms with van der Waals surface area (Å²) < 4.78 is 51.3. The predicted octanol–water partition coefficient (Wildman–Crippen LogP) is 3.07. The minimum atomic E-state index is -4.25. The van der Waals surface area contributed by atoms with Crippen LogP contribution in [0.2, 0.25) is 0 Å². The Labute approximate surface area is 113 Å². The van der Waals surface area contributed by atoms with Gasteiger partial charge in [0.2, 0.25) is 5.95 Å². The number of amides is 1. The molecule has 1 aromatic rings. The van der Waals surface area contributed by atoms with Gasteiger partial charge in [0.15, 0.2) is 0 Å². The average Bonchev–Trinajstić information content (AvgIpc) is 2.38. The molecule has 0 aliphatic heterocycles. The molecule has 0 radical (unpaired) electrons. The minimum Gasteiger partial charge on any atom is -0.349 e. The van der Waals surface area contributed by atoms with E-state index >= 15 is 0 Å². The Kier molecular flexibility index (Phi) is 4.25. The quantitative estimate of drug-likeness (QED) is 0.672. The topological polar surface area (TPSA) is 42.0 Å². The van der Waals surface area contributed by atoms with Gasteiger partial charge in [-0.15, -0.1) is 0 Å². The number of nitrogens with one attached hydrogen (secondary N) is 1. The first-order valence-electron chi connectivity index (χ1n) is 6.36. The van der Waals surface area contributed by atoms with Crippen LogP contribution in [-0.2, 0) is 0 Å². The zero-order valence-corrected chi connectivity index (χ0v) is 10.6. The van der Waals surface area contributed by atoms with E-state index in [9.17, 15) is 22.4 Å². The zero-order valence-electron chi connectivity index (χ0n) is 10.6. The van der Waals surface area contributed by atoms with Crippen LogP contribution in [0.25, 0.3) is 0 Å². The molecule has 1 aliphatic rings. The van der Waals surface area contributed by atoms with Crippen molar-refractivity contribution in [2.75, 3.05) is 0 Å². The molecule has 3 nitrogen and oxygen atoms in total. The molecule has 1 aromatic heterocycles. The summed E-state index contributed by atoms with van der Waals surface area (Å²) in [5.74, 6) is -3.04. The molecule has 7 heteroatoms. The molecular weight excluding hydrogens is 276 g/mol. The van der Waals surface area contributed by atoms with E-state index in [1.54, 1.807) is 0 Å². The van der Waals surface area contributed by atoms with Crippen LogP contribution in [0.4, 0.5) is 17.6 Å². The van der Waals surface area contributed by atoms with Crippen LogP contribution in [0.15, 0.2) is 18.3 Å². The molecule has 1 fully saturated rings. The summed E-state index contributed by atoms with van der Waals surface area (Å²) >= 11 is 0. The maximum atomic E-state index is 13.3. The van der Waals surface area contributed by atoms with E-state index in [-0.39, 0.29) is 18.4 Å². The van der Waals surface area contributed by atoms with Gasteiger partial charge in [-0.3, -0.25) is 4.79 Å². The van der Waals surface area contributed by atoms with E-state index in [1.165, 1.54) is 18.3 Å². The van der Waals surface area contributed by atoms with Gasteiger partial charge in [0.25, 0.3) is 5.91 Å². The van der Waals surface area contributed by atoms with E-state index in [0.717, 1.165) is 0 Å². The normalized spacial score (nSPS) is 23.4. The fourth-order valence-electron chi connectivity index (χ4n) is 2.44. The highest BCUT2D eigenvalue weighted by Gasteiger charge is 2.42. The maximum Gasteiger partial charge on any atom is 0.391 e. The Morgan fingerprint density at radius 3 is 2.75 bits per heavy atom. The fraction of sp³-hybridized carbons (Fsp3) is 0.538. The molecule has 1 N–H and O–H groups in total. The molecule has 110 valence electrons. The third kappa shape index (κ3) is 3.46. The summed E-state index contributed by atoms with van der Waals surface area (Å²) in [7, 11) is 0. The van der Waals surface area contributed by atoms with Crippen molar-refractivity contribution in [3.05, 3.63) is 29.8 Å². The SMILES string of the molecule is O=C(NC1CCCC(C(F)(F)F)C1)c1cccnc1F. The molecule has 0 aromatic carbocycles. The summed E-state index contributed by atoms with van der Waals surface area (Å²) in [4.78, 5) is 15.2. The van der Waals surface area contributed by atoms with E-state index in [4.69, 9.17) is 0 Å². The number of carbonyl (C=O) groups is 1. The average molecular weight is 290 g/mol. The number of alkyl halides is 3. The first-order valence-corrected chi connectivity index (χ1v) is 6.36. The standard InChI is InChI=1S/C13H14F4N2O/c14-11-10(5-2-6-18-11)12(20)19-9-4-1-3-8(7-9)13(15,16)17/h2,5-6,8-9H,1,3-4,7H2,(H,19,20). The fourth-order valence-corrected chi connectivity index (χ4v) is 2.44. The lowest BCUT2D eigenvalue weighted by atomic mass is 9.85. The van der Waals surface area contributed by atoms with Crippen LogP contribution < -0.4 is 5.32 Å². The molecule has 1 aliphatic carbocycles. The number of rotatable bonds is 2. The first kappa shape index (κ1) is 14.7. The molecular formula is C13H14F4N2O. The highest BCUT2D eigenvalue weighted by atomic mass is 19.4. The van der Waals surface area contributed by atoms with Crippen LogP contribution in [0.3, 0.4) is 0 Å². The van der Waals surface area contributed by atoms with Crippen LogP contribution in [0, 0.1) is 11.9 Å². The molecule has 1 amide bonds. The third-order valence-electron chi connectivity index (χ3n) is 3.48. The van der Waals surface area contributed by atoms with Gasteiger partial charge in [-0.05, 0) is 31.4 Å². The lowest BCUT2D eigenvalue weighted by Gasteiger charge is -2.31. The number of halogens is 4. The Balaban J connectivity index is 2.00. The molecule has 1 heterocycles. The first-order chi connectivity index (χ1) is 9.38. The Hall–Kier alpha value is -1.66. The monoisotopic (exact) mass is 290 g/mol. The van der Waals surface area contributed by atoms with Crippen molar-refractivity contribution >= 4 is 5.91 Å². The number of hydrogen-bond donors (Lipinski definition) is 1. The Morgan fingerprint density at radius 2 is 2.10 bits per heavy atom. The van der Waals surface area contributed by atoms with Gasteiger partial charge in [0.1, 0.15) is 0 Å². The number of hydrogen-bond acceptors (Lipinski definition) is 2. The molecule has 20 heavy (non-hydrogen) atoms. The van der Waals surface area contributed by atoms with Gasteiger partial charge in [-0.2, -0.15) is 17.6 Å². The van der Waals surface area contributed by atoms with Crippen LogP contribution in [0.5, 0.6) is 0 Å². The second-order valence-electron chi connectivity index (χ2n) is 4.92. The maximum absolute atomic E-state index is 13.3. The highest BCUT2D eigenvalue weighted by molar-refractivity contribution is 5.94. The zero-order chi connectivity index (χ0) is 14.8. The summed E-state index contributed by atoms with van der Waals surface area (Å²) in [5, 5.41) is 2.46. The van der Waals surface area contributed by atoms with Crippen molar-refractivity contribution in [2.24, 2.45) is 5.92 Å². The third-order valence-corrected chi connectivity index (χ3v) is 3.48. The Morgan fingerprint density at radius 1 is 1.35 bits per heavy atom. The number of aromatic nitrogens is 1. The van der Waals surface area contributed by atoms with Gasteiger partial charge < -0.3 is 5.32 Å². The number of pyridine rings is 1. The van der Waals surface area contributed by atoms with Gasteiger partial charge in [-0.1, -0.05) is 6.42 Å². The summed E-state index contributed by atoms with van der Waals surface area (Å²) in [6.07, 6.45) is -2.26. The molecule has 0 spiro atoms. The predicted molar refractivity (Wildman–Crippen MR) is 63.5 cm³/mol. The largest absolute Gasteiger partial charge is 0.391 e. The van der Waals surface area contributed by atoms with E-state index in [0.29, 0.717) is 12.8 Å². The van der Waals surface area contributed by atoms with Gasteiger partial charge in [0.05, 0.1) is 11.5 Å². The lowest BCUT2D eigenvalue weighted by molar-refractivity contribution is -0.183. The summed E-state index contributed by atoms with van der Waals surface area (Å²) in [6.45, 7) is 0. The lowest BCUT2D eigenvalue weighted by Crippen LogP contribution is -2.41. The number of carbonyl (C=O) groups excluding carboxylic acids is 1. The van der Waals surface area contributed by atoms with Crippen molar-refractivity contribution in [3.8, 4) is 0 Å².